The molecular weight excluding hydrogens is 332 g/mol. The Labute approximate surface area is 135 Å². The third-order valence-corrected chi connectivity index (χ3v) is 3.33. The summed E-state index contributed by atoms with van der Waals surface area (Å²) in [5.41, 5.74) is -0.153. The van der Waals surface area contributed by atoms with Crippen molar-refractivity contribution in [2.75, 3.05) is 27.2 Å². The van der Waals surface area contributed by atoms with Crippen LogP contribution in [0, 0.1) is 0 Å². The Morgan fingerprint density at radius 1 is 1.43 bits per heavy atom. The first-order valence-corrected chi connectivity index (χ1v) is 7.24. The van der Waals surface area contributed by atoms with Crippen LogP contribution in [0.5, 0.6) is 0 Å². The molecule has 2 amide bonds. The Kier molecular flexibility index (Phi) is 7.39. The highest BCUT2D eigenvalue weighted by atomic mass is 32.2. The van der Waals surface area contributed by atoms with Gasteiger partial charge in [0.2, 0.25) is 5.91 Å². The van der Waals surface area contributed by atoms with E-state index in [0.29, 0.717) is 0 Å². The molecule has 0 radical (unpaired) electrons. The van der Waals surface area contributed by atoms with Crippen molar-refractivity contribution in [1.82, 2.24) is 15.2 Å². The summed E-state index contributed by atoms with van der Waals surface area (Å²) >= 11 is 0.112. The highest BCUT2D eigenvalue weighted by Crippen LogP contribution is 2.26. The molecule has 10 heteroatoms. The molecule has 0 aliphatic rings. The number of alkyl halides is 2. The maximum atomic E-state index is 12.4. The minimum absolute atomic E-state index is 0.112. The van der Waals surface area contributed by atoms with E-state index < -0.39 is 24.2 Å². The second-order valence-electron chi connectivity index (χ2n) is 4.23. The summed E-state index contributed by atoms with van der Waals surface area (Å²) in [6.07, 6.45) is 1.27. The summed E-state index contributed by atoms with van der Waals surface area (Å²) in [6.45, 7) is -0.799. The number of carbonyl (C=O) groups is 3. The van der Waals surface area contributed by atoms with Crippen LogP contribution in [0.1, 0.15) is 10.4 Å². The molecule has 23 heavy (non-hydrogen) atoms. The molecule has 0 spiro atoms. The minimum atomic E-state index is -2.74. The van der Waals surface area contributed by atoms with E-state index in [4.69, 9.17) is 4.74 Å². The van der Waals surface area contributed by atoms with Gasteiger partial charge in [0.15, 0.2) is 6.61 Å². The molecular formula is C13H15F2N3O4S. The van der Waals surface area contributed by atoms with Gasteiger partial charge in [-0.1, -0.05) is 0 Å². The van der Waals surface area contributed by atoms with Gasteiger partial charge in [0, 0.05) is 20.3 Å². The van der Waals surface area contributed by atoms with Crippen LogP contribution in [-0.2, 0) is 14.3 Å². The number of aromatic nitrogens is 1. The van der Waals surface area contributed by atoms with Crippen LogP contribution >= 0.6 is 11.8 Å². The van der Waals surface area contributed by atoms with Gasteiger partial charge in [0.1, 0.15) is 5.03 Å². The van der Waals surface area contributed by atoms with Crippen LogP contribution < -0.4 is 5.32 Å². The molecule has 0 bridgehead atoms. The Hall–Kier alpha value is -2.23. The first-order valence-electron chi connectivity index (χ1n) is 6.36. The topological polar surface area (TPSA) is 88.6 Å². The van der Waals surface area contributed by atoms with Crippen LogP contribution in [0.25, 0.3) is 0 Å². The van der Waals surface area contributed by atoms with Gasteiger partial charge in [-0.15, -0.1) is 0 Å². The summed E-state index contributed by atoms with van der Waals surface area (Å²) in [6, 6.07) is 2.67. The van der Waals surface area contributed by atoms with Crippen molar-refractivity contribution in [1.29, 1.82) is 0 Å². The third-order valence-electron chi connectivity index (χ3n) is 2.60. The molecule has 1 rings (SSSR count). The SMILES string of the molecule is CNC(=O)CN(C)C(=O)COC(=O)c1cccnc1SC(F)F. The monoisotopic (exact) mass is 347 g/mol. The van der Waals surface area contributed by atoms with Crippen molar-refractivity contribution in [3.8, 4) is 0 Å². The van der Waals surface area contributed by atoms with Crippen LogP contribution in [0.15, 0.2) is 23.4 Å². The Morgan fingerprint density at radius 2 is 2.13 bits per heavy atom. The number of nitrogens with zero attached hydrogens (tertiary/aromatic N) is 2. The number of hydrogen-bond acceptors (Lipinski definition) is 6. The zero-order valence-electron chi connectivity index (χ0n) is 12.4. The van der Waals surface area contributed by atoms with Crippen molar-refractivity contribution in [2.45, 2.75) is 10.8 Å². The lowest BCUT2D eigenvalue weighted by Gasteiger charge is -2.16. The van der Waals surface area contributed by atoms with Gasteiger partial charge in [-0.2, -0.15) is 8.78 Å². The van der Waals surface area contributed by atoms with Crippen LogP contribution in [-0.4, -0.2) is 60.7 Å². The molecule has 0 aliphatic heterocycles. The second-order valence-corrected chi connectivity index (χ2v) is 5.21. The summed E-state index contributed by atoms with van der Waals surface area (Å²) in [7, 11) is 2.79. The second kappa shape index (κ2) is 9.03. The number of thioether (sulfide) groups is 1. The lowest BCUT2D eigenvalue weighted by atomic mass is 10.3. The molecule has 1 N–H and O–H groups in total. The largest absolute Gasteiger partial charge is 0.452 e. The van der Waals surface area contributed by atoms with Crippen LogP contribution in [0.4, 0.5) is 8.78 Å². The van der Waals surface area contributed by atoms with E-state index in [2.05, 4.69) is 10.3 Å². The molecule has 0 fully saturated rings. The lowest BCUT2D eigenvalue weighted by Crippen LogP contribution is -2.39. The molecule has 0 aliphatic carbocycles. The first-order chi connectivity index (χ1) is 10.8. The molecule has 0 saturated carbocycles. The lowest BCUT2D eigenvalue weighted by molar-refractivity contribution is -0.137. The molecule has 126 valence electrons. The van der Waals surface area contributed by atoms with Crippen molar-refractivity contribution in [2.24, 2.45) is 0 Å². The summed E-state index contributed by atoms with van der Waals surface area (Å²) in [4.78, 5) is 39.5. The third kappa shape index (κ3) is 6.19. The molecule has 7 nitrogen and oxygen atoms in total. The van der Waals surface area contributed by atoms with Gasteiger partial charge in [-0.25, -0.2) is 9.78 Å². The van der Waals surface area contributed by atoms with E-state index in [1.165, 1.54) is 32.4 Å². The first kappa shape index (κ1) is 18.8. The number of nitrogens with one attached hydrogen (secondary N) is 1. The molecule has 1 heterocycles. The molecule has 0 aromatic carbocycles. The number of hydrogen-bond donors (Lipinski definition) is 1. The minimum Gasteiger partial charge on any atom is -0.452 e. The van der Waals surface area contributed by atoms with E-state index in [1.807, 2.05) is 0 Å². The number of esters is 1. The predicted octanol–water partition coefficient (Wildman–Crippen LogP) is 0.758. The number of carbonyl (C=O) groups excluding carboxylic acids is 3. The number of amides is 2. The van der Waals surface area contributed by atoms with Crippen LogP contribution in [0.3, 0.4) is 0 Å². The molecule has 0 atom stereocenters. The Balaban J connectivity index is 2.63. The standard InChI is InChI=1S/C13H15F2N3O4S/c1-16-9(19)6-18(2)10(20)7-22-12(21)8-4-3-5-17-11(8)23-13(14)15/h3-5,13H,6-7H2,1-2H3,(H,16,19). The summed E-state index contributed by atoms with van der Waals surface area (Å²) < 4.78 is 29.6. The summed E-state index contributed by atoms with van der Waals surface area (Å²) in [5.74, 6) is -4.66. The van der Waals surface area contributed by atoms with Crippen molar-refractivity contribution < 1.29 is 27.9 Å². The maximum Gasteiger partial charge on any atom is 0.341 e. The van der Waals surface area contributed by atoms with E-state index in [1.54, 1.807) is 0 Å². The van der Waals surface area contributed by atoms with E-state index in [-0.39, 0.29) is 34.8 Å². The van der Waals surface area contributed by atoms with Gasteiger partial charge in [-0.3, -0.25) is 9.59 Å². The predicted molar refractivity (Wildman–Crippen MR) is 78.1 cm³/mol. The van der Waals surface area contributed by atoms with Gasteiger partial charge in [0.05, 0.1) is 12.1 Å². The Morgan fingerprint density at radius 3 is 2.74 bits per heavy atom. The molecule has 1 aromatic rings. The molecule has 1 aromatic heterocycles. The zero-order valence-corrected chi connectivity index (χ0v) is 13.2. The summed E-state index contributed by atoms with van der Waals surface area (Å²) in [5, 5.41) is 2.16. The van der Waals surface area contributed by atoms with Gasteiger partial charge < -0.3 is 15.0 Å². The number of rotatable bonds is 7. The fourth-order valence-corrected chi connectivity index (χ4v) is 1.99. The number of halogens is 2. The quantitative estimate of drug-likeness (QED) is 0.579. The van der Waals surface area contributed by atoms with Gasteiger partial charge >= 0.3 is 5.97 Å². The van der Waals surface area contributed by atoms with E-state index in [0.717, 1.165) is 4.90 Å². The molecule has 0 saturated heterocycles. The number of likely N-dealkylation sites (N-methyl/N-ethyl adjacent to an activating group) is 2. The molecule has 0 unspecified atom stereocenters. The van der Waals surface area contributed by atoms with E-state index in [9.17, 15) is 23.2 Å². The highest BCUT2D eigenvalue weighted by Gasteiger charge is 2.20. The normalized spacial score (nSPS) is 10.3. The maximum absolute atomic E-state index is 12.4. The van der Waals surface area contributed by atoms with Crippen molar-refractivity contribution in [3.05, 3.63) is 23.9 Å². The smallest absolute Gasteiger partial charge is 0.341 e. The van der Waals surface area contributed by atoms with Crippen molar-refractivity contribution >= 4 is 29.5 Å². The van der Waals surface area contributed by atoms with Crippen LogP contribution in [0.2, 0.25) is 0 Å². The van der Waals surface area contributed by atoms with E-state index >= 15 is 0 Å². The van der Waals surface area contributed by atoms with Gasteiger partial charge in [0.25, 0.3) is 11.7 Å². The number of ether oxygens (including phenoxy) is 1. The average molecular weight is 347 g/mol. The fourth-order valence-electron chi connectivity index (χ4n) is 1.42. The number of pyridine rings is 1. The van der Waals surface area contributed by atoms with Gasteiger partial charge in [-0.05, 0) is 23.9 Å². The zero-order chi connectivity index (χ0) is 17.4. The highest BCUT2D eigenvalue weighted by molar-refractivity contribution is 7.99. The Bertz CT molecular complexity index is 586. The average Bonchev–Trinajstić information content (AvgIpc) is 2.51. The van der Waals surface area contributed by atoms with Crippen molar-refractivity contribution in [3.63, 3.8) is 0 Å². The fraction of sp³-hybridized carbons (Fsp3) is 0.385.